The van der Waals surface area contributed by atoms with E-state index in [9.17, 15) is 0 Å². The molecule has 1 saturated heterocycles. The van der Waals surface area contributed by atoms with Crippen molar-refractivity contribution < 1.29 is 0 Å². The third-order valence-corrected chi connectivity index (χ3v) is 5.80. The van der Waals surface area contributed by atoms with E-state index in [0.717, 1.165) is 51.4 Å². The summed E-state index contributed by atoms with van der Waals surface area (Å²) in [5.74, 6) is 2.10. The van der Waals surface area contributed by atoms with Gasteiger partial charge in [-0.3, -0.25) is 9.89 Å². The van der Waals surface area contributed by atoms with Gasteiger partial charge in [-0.25, -0.2) is 0 Å². The van der Waals surface area contributed by atoms with Gasteiger partial charge in [-0.1, -0.05) is 29.3 Å². The molecule has 26 heavy (non-hydrogen) atoms. The van der Waals surface area contributed by atoms with Gasteiger partial charge in [0.15, 0.2) is 5.96 Å². The van der Waals surface area contributed by atoms with E-state index in [1.54, 1.807) is 0 Å². The number of nitrogens with zero attached hydrogens (tertiary/aromatic N) is 2. The summed E-state index contributed by atoms with van der Waals surface area (Å²) in [5.41, 5.74) is 1.21. The third kappa shape index (κ3) is 8.42. The zero-order valence-corrected chi connectivity index (χ0v) is 20.1. The highest BCUT2D eigenvalue weighted by molar-refractivity contribution is 14.0. The van der Waals surface area contributed by atoms with Gasteiger partial charge in [0.05, 0.1) is 10.0 Å². The second-order valence-electron chi connectivity index (χ2n) is 6.29. The number of piperidine rings is 1. The average molecular weight is 531 g/mol. The first-order valence-electron chi connectivity index (χ1n) is 8.74. The summed E-state index contributed by atoms with van der Waals surface area (Å²) >= 11 is 14.0. The van der Waals surface area contributed by atoms with Crippen molar-refractivity contribution in [1.82, 2.24) is 15.5 Å². The summed E-state index contributed by atoms with van der Waals surface area (Å²) in [4.78, 5) is 6.80. The van der Waals surface area contributed by atoms with E-state index in [2.05, 4.69) is 32.8 Å². The molecule has 8 heteroatoms. The molecule has 0 atom stereocenters. The molecular weight excluding hydrogens is 502 g/mol. The normalized spacial score (nSPS) is 16.2. The monoisotopic (exact) mass is 530 g/mol. The molecule has 1 aromatic rings. The Hall–Kier alpha value is 0.110. The largest absolute Gasteiger partial charge is 0.356 e. The Morgan fingerprint density at radius 1 is 1.27 bits per heavy atom. The number of likely N-dealkylation sites (tertiary alicyclic amines) is 1. The van der Waals surface area contributed by atoms with E-state index in [0.29, 0.717) is 16.1 Å². The minimum atomic E-state index is 0. The van der Waals surface area contributed by atoms with Crippen LogP contribution in [0.4, 0.5) is 0 Å². The standard InChI is InChI=1S/C18H28Cl2N4S.HI/c1-21-18(22-8-3-11-25-2)23-15-6-9-24(10-7-15)13-14-4-5-16(19)17(20)12-14;/h4-5,12,15H,3,6-11,13H2,1-2H3,(H2,21,22,23);1H. The number of thioether (sulfide) groups is 1. The van der Waals surface area contributed by atoms with Gasteiger partial charge in [0, 0.05) is 39.3 Å². The highest BCUT2D eigenvalue weighted by Crippen LogP contribution is 2.24. The molecule has 0 bridgehead atoms. The first-order valence-corrected chi connectivity index (χ1v) is 10.9. The predicted molar refractivity (Wildman–Crippen MR) is 128 cm³/mol. The molecule has 0 radical (unpaired) electrons. The quantitative estimate of drug-likeness (QED) is 0.236. The highest BCUT2D eigenvalue weighted by atomic mass is 127. The number of halogens is 3. The van der Waals surface area contributed by atoms with Crippen LogP contribution >= 0.6 is 58.9 Å². The van der Waals surface area contributed by atoms with Crippen LogP contribution in [0.2, 0.25) is 10.0 Å². The van der Waals surface area contributed by atoms with Gasteiger partial charge in [0.2, 0.25) is 0 Å². The van der Waals surface area contributed by atoms with E-state index in [4.69, 9.17) is 23.2 Å². The average Bonchev–Trinajstić information content (AvgIpc) is 2.62. The molecule has 0 saturated carbocycles. The molecule has 0 unspecified atom stereocenters. The van der Waals surface area contributed by atoms with Crippen LogP contribution in [-0.4, -0.2) is 55.6 Å². The van der Waals surface area contributed by atoms with E-state index in [-0.39, 0.29) is 24.0 Å². The first-order chi connectivity index (χ1) is 12.1. The van der Waals surface area contributed by atoms with Crippen molar-refractivity contribution >= 4 is 64.9 Å². The number of benzene rings is 1. The molecule has 1 aromatic carbocycles. The summed E-state index contributed by atoms with van der Waals surface area (Å²) in [6, 6.07) is 6.38. The van der Waals surface area contributed by atoms with Gasteiger partial charge in [0.1, 0.15) is 0 Å². The van der Waals surface area contributed by atoms with Crippen molar-refractivity contribution in [2.24, 2.45) is 4.99 Å². The Balaban J connectivity index is 0.00000338. The molecule has 0 aliphatic carbocycles. The van der Waals surface area contributed by atoms with Crippen LogP contribution in [0.3, 0.4) is 0 Å². The highest BCUT2D eigenvalue weighted by Gasteiger charge is 2.20. The Labute approximate surface area is 188 Å². The zero-order valence-electron chi connectivity index (χ0n) is 15.4. The van der Waals surface area contributed by atoms with Gasteiger partial charge in [-0.2, -0.15) is 11.8 Å². The molecule has 2 N–H and O–H groups in total. The molecule has 148 valence electrons. The van der Waals surface area contributed by atoms with Gasteiger partial charge >= 0.3 is 0 Å². The Kier molecular flexibility index (Phi) is 12.4. The second kappa shape index (κ2) is 13.3. The van der Waals surface area contributed by atoms with Crippen molar-refractivity contribution in [1.29, 1.82) is 0 Å². The maximum Gasteiger partial charge on any atom is 0.191 e. The summed E-state index contributed by atoms with van der Waals surface area (Å²) in [6.45, 7) is 4.03. The maximum atomic E-state index is 6.11. The van der Waals surface area contributed by atoms with Crippen LogP contribution < -0.4 is 10.6 Å². The smallest absolute Gasteiger partial charge is 0.191 e. The van der Waals surface area contributed by atoms with Crippen molar-refractivity contribution in [3.05, 3.63) is 33.8 Å². The van der Waals surface area contributed by atoms with Crippen molar-refractivity contribution in [3.63, 3.8) is 0 Å². The summed E-state index contributed by atoms with van der Waals surface area (Å²) in [7, 11) is 1.84. The molecular formula is C18H29Cl2IN4S. The molecule has 1 aliphatic heterocycles. The SMILES string of the molecule is CN=C(NCCCSC)NC1CCN(Cc2ccc(Cl)c(Cl)c2)CC1.I. The van der Waals surface area contributed by atoms with Crippen LogP contribution in [0.15, 0.2) is 23.2 Å². The van der Waals surface area contributed by atoms with Gasteiger partial charge < -0.3 is 10.6 Å². The van der Waals surface area contributed by atoms with Crippen LogP contribution in [0, 0.1) is 0 Å². The topological polar surface area (TPSA) is 39.7 Å². The molecule has 1 aliphatic rings. The third-order valence-electron chi connectivity index (χ3n) is 4.36. The lowest BCUT2D eigenvalue weighted by Gasteiger charge is -2.33. The number of hydrogen-bond donors (Lipinski definition) is 2. The lowest BCUT2D eigenvalue weighted by molar-refractivity contribution is 0.198. The Morgan fingerprint density at radius 2 is 2.00 bits per heavy atom. The van der Waals surface area contributed by atoms with E-state index < -0.39 is 0 Å². The number of nitrogens with one attached hydrogen (secondary N) is 2. The first kappa shape index (κ1) is 24.1. The number of hydrogen-bond acceptors (Lipinski definition) is 3. The van der Waals surface area contributed by atoms with E-state index in [1.807, 2.05) is 30.9 Å². The Morgan fingerprint density at radius 3 is 2.62 bits per heavy atom. The molecule has 0 amide bonds. The zero-order chi connectivity index (χ0) is 18.1. The maximum absolute atomic E-state index is 6.11. The summed E-state index contributed by atoms with van der Waals surface area (Å²) < 4.78 is 0. The second-order valence-corrected chi connectivity index (χ2v) is 8.09. The minimum absolute atomic E-state index is 0. The molecule has 0 spiro atoms. The number of rotatable bonds is 7. The van der Waals surface area contributed by atoms with Crippen LogP contribution in [-0.2, 0) is 6.54 Å². The van der Waals surface area contributed by atoms with Gasteiger partial charge in [0.25, 0.3) is 0 Å². The van der Waals surface area contributed by atoms with Crippen molar-refractivity contribution in [3.8, 4) is 0 Å². The number of guanidine groups is 1. The predicted octanol–water partition coefficient (Wildman–Crippen LogP) is 4.49. The summed E-state index contributed by atoms with van der Waals surface area (Å²) in [5, 5.41) is 8.20. The lowest BCUT2D eigenvalue weighted by Crippen LogP contribution is -2.48. The molecule has 0 aromatic heterocycles. The van der Waals surface area contributed by atoms with Crippen molar-refractivity contribution in [2.45, 2.75) is 31.8 Å². The number of aliphatic imine (C=N–C) groups is 1. The van der Waals surface area contributed by atoms with E-state index in [1.165, 1.54) is 11.3 Å². The molecule has 1 fully saturated rings. The van der Waals surface area contributed by atoms with Crippen LogP contribution in [0.5, 0.6) is 0 Å². The fourth-order valence-electron chi connectivity index (χ4n) is 2.94. The Bertz CT molecular complexity index is 566. The molecule has 4 nitrogen and oxygen atoms in total. The minimum Gasteiger partial charge on any atom is -0.356 e. The fourth-order valence-corrected chi connectivity index (χ4v) is 3.70. The molecule has 1 heterocycles. The molecule has 2 rings (SSSR count). The summed E-state index contributed by atoms with van der Waals surface area (Å²) in [6.07, 6.45) is 5.53. The van der Waals surface area contributed by atoms with Crippen LogP contribution in [0.1, 0.15) is 24.8 Å². The van der Waals surface area contributed by atoms with Crippen molar-refractivity contribution in [2.75, 3.05) is 38.7 Å². The fraction of sp³-hybridized carbons (Fsp3) is 0.611. The van der Waals surface area contributed by atoms with Gasteiger partial charge in [-0.15, -0.1) is 24.0 Å². The van der Waals surface area contributed by atoms with Gasteiger partial charge in [-0.05, 0) is 49.0 Å². The van der Waals surface area contributed by atoms with E-state index >= 15 is 0 Å². The van der Waals surface area contributed by atoms with Crippen LogP contribution in [0.25, 0.3) is 0 Å². The lowest BCUT2D eigenvalue weighted by atomic mass is 10.0.